The van der Waals surface area contributed by atoms with Crippen molar-refractivity contribution in [3.05, 3.63) is 35.3 Å². The molecule has 0 N–H and O–H groups in total. The van der Waals surface area contributed by atoms with Crippen LogP contribution in [0.5, 0.6) is 5.75 Å². The van der Waals surface area contributed by atoms with Gasteiger partial charge < -0.3 is 9.47 Å². The predicted molar refractivity (Wildman–Crippen MR) is 112 cm³/mol. The standard InChI is InChI=1S/C19H23N3O6S2/c1-13(23)22(15-7-4-5-9-17(15)27-2)19-20-14(12-29-19)11-28-18(24)16-8-6-10-21(16)30(3,25)26/h4-5,7,9,12,16H,6,8,10-11H2,1-3H3/t16-/m0/s1. The van der Waals surface area contributed by atoms with Crippen LogP contribution in [0.25, 0.3) is 0 Å². The topological polar surface area (TPSA) is 106 Å². The van der Waals surface area contributed by atoms with Gasteiger partial charge in [0, 0.05) is 18.8 Å². The Kier molecular flexibility index (Phi) is 6.74. The summed E-state index contributed by atoms with van der Waals surface area (Å²) in [7, 11) is -1.95. The van der Waals surface area contributed by atoms with E-state index in [1.807, 2.05) is 0 Å². The van der Waals surface area contributed by atoms with E-state index in [-0.39, 0.29) is 12.5 Å². The maximum atomic E-state index is 12.4. The van der Waals surface area contributed by atoms with E-state index in [0.717, 1.165) is 6.26 Å². The molecule has 3 rings (SSSR count). The van der Waals surface area contributed by atoms with E-state index in [4.69, 9.17) is 9.47 Å². The van der Waals surface area contributed by atoms with Gasteiger partial charge in [-0.05, 0) is 25.0 Å². The lowest BCUT2D eigenvalue weighted by Gasteiger charge is -2.20. The van der Waals surface area contributed by atoms with Crippen LogP contribution in [0.2, 0.25) is 0 Å². The molecule has 1 aliphatic rings. The number of esters is 1. The highest BCUT2D eigenvalue weighted by Crippen LogP contribution is 2.35. The van der Waals surface area contributed by atoms with E-state index in [1.54, 1.807) is 29.6 Å². The SMILES string of the molecule is COc1ccccc1N(C(C)=O)c1nc(COC(=O)[C@@H]2CCCN2S(C)(=O)=O)cs1. The predicted octanol–water partition coefficient (Wildman–Crippen LogP) is 2.30. The summed E-state index contributed by atoms with van der Waals surface area (Å²) in [6, 6.07) is 6.29. The minimum Gasteiger partial charge on any atom is -0.495 e. The molecular formula is C19H23N3O6S2. The van der Waals surface area contributed by atoms with Crippen LogP contribution in [0.15, 0.2) is 29.6 Å². The van der Waals surface area contributed by atoms with Gasteiger partial charge in [-0.3, -0.25) is 14.5 Å². The highest BCUT2D eigenvalue weighted by molar-refractivity contribution is 7.88. The molecule has 0 radical (unpaired) electrons. The fourth-order valence-electron chi connectivity index (χ4n) is 3.30. The van der Waals surface area contributed by atoms with Crippen molar-refractivity contribution in [3.63, 3.8) is 0 Å². The quantitative estimate of drug-likeness (QED) is 0.592. The smallest absolute Gasteiger partial charge is 0.324 e. The summed E-state index contributed by atoms with van der Waals surface area (Å²) in [6.07, 6.45) is 2.12. The molecular weight excluding hydrogens is 430 g/mol. The molecule has 0 spiro atoms. The first kappa shape index (κ1) is 22.2. The lowest BCUT2D eigenvalue weighted by Crippen LogP contribution is -2.40. The fraction of sp³-hybridized carbons (Fsp3) is 0.421. The lowest BCUT2D eigenvalue weighted by molar-refractivity contribution is -0.148. The molecule has 2 aromatic rings. The lowest BCUT2D eigenvalue weighted by atomic mass is 10.2. The normalized spacial score (nSPS) is 17.0. The number of nitrogens with zero attached hydrogens (tertiary/aromatic N) is 3. The zero-order valence-corrected chi connectivity index (χ0v) is 18.5. The van der Waals surface area contributed by atoms with E-state index in [9.17, 15) is 18.0 Å². The van der Waals surface area contributed by atoms with Crippen LogP contribution in [0.3, 0.4) is 0 Å². The Bertz CT molecular complexity index is 1040. The Hall–Kier alpha value is -2.50. The third kappa shape index (κ3) is 4.79. The van der Waals surface area contributed by atoms with Gasteiger partial charge in [-0.15, -0.1) is 11.3 Å². The monoisotopic (exact) mass is 453 g/mol. The molecule has 30 heavy (non-hydrogen) atoms. The number of methoxy groups -OCH3 is 1. The number of rotatable bonds is 7. The van der Waals surface area contributed by atoms with Crippen LogP contribution < -0.4 is 9.64 Å². The molecule has 1 aromatic heterocycles. The number of aromatic nitrogens is 1. The van der Waals surface area contributed by atoms with E-state index >= 15 is 0 Å². The third-order valence-electron chi connectivity index (χ3n) is 4.64. The Morgan fingerprint density at radius 1 is 1.33 bits per heavy atom. The number of para-hydroxylation sites is 2. The third-order valence-corrected chi connectivity index (χ3v) is 6.80. The van der Waals surface area contributed by atoms with Crippen LogP contribution >= 0.6 is 11.3 Å². The van der Waals surface area contributed by atoms with Crippen molar-refractivity contribution in [3.8, 4) is 5.75 Å². The van der Waals surface area contributed by atoms with Gasteiger partial charge in [0.05, 0.1) is 24.7 Å². The van der Waals surface area contributed by atoms with E-state index in [1.165, 1.54) is 34.6 Å². The van der Waals surface area contributed by atoms with E-state index in [0.29, 0.717) is 41.6 Å². The van der Waals surface area contributed by atoms with Gasteiger partial charge in [-0.25, -0.2) is 13.4 Å². The van der Waals surface area contributed by atoms with Crippen LogP contribution in [0.4, 0.5) is 10.8 Å². The molecule has 1 fully saturated rings. The van der Waals surface area contributed by atoms with E-state index < -0.39 is 22.0 Å². The first-order valence-corrected chi connectivity index (χ1v) is 12.0. The molecule has 1 saturated heterocycles. The number of amides is 1. The van der Waals surface area contributed by atoms with Crippen molar-refractivity contribution < 1.29 is 27.5 Å². The first-order valence-electron chi connectivity index (χ1n) is 9.24. The molecule has 11 heteroatoms. The van der Waals surface area contributed by atoms with Gasteiger partial charge in [-0.2, -0.15) is 4.31 Å². The number of hydrogen-bond donors (Lipinski definition) is 0. The molecule has 1 amide bonds. The molecule has 9 nitrogen and oxygen atoms in total. The molecule has 1 atom stereocenters. The number of benzene rings is 1. The summed E-state index contributed by atoms with van der Waals surface area (Å²) in [5.41, 5.74) is 1.02. The maximum absolute atomic E-state index is 12.4. The number of anilines is 2. The van der Waals surface area contributed by atoms with Crippen molar-refractivity contribution in [2.45, 2.75) is 32.4 Å². The average molecular weight is 454 g/mol. The average Bonchev–Trinajstić information content (AvgIpc) is 3.36. The number of ether oxygens (including phenoxy) is 2. The second-order valence-electron chi connectivity index (χ2n) is 6.79. The van der Waals surface area contributed by atoms with Crippen molar-refractivity contribution in [1.82, 2.24) is 9.29 Å². The number of sulfonamides is 1. The molecule has 1 aromatic carbocycles. The summed E-state index contributed by atoms with van der Waals surface area (Å²) in [5, 5.41) is 2.11. The Morgan fingerprint density at radius 3 is 2.73 bits per heavy atom. The molecule has 0 aliphatic carbocycles. The molecule has 0 saturated carbocycles. The van der Waals surface area contributed by atoms with Crippen LogP contribution in [-0.2, 0) is 31.0 Å². The molecule has 162 valence electrons. The van der Waals surface area contributed by atoms with Crippen molar-refractivity contribution in [2.24, 2.45) is 0 Å². The zero-order valence-electron chi connectivity index (χ0n) is 16.9. The number of thiazole rings is 1. The van der Waals surface area contributed by atoms with Gasteiger partial charge >= 0.3 is 5.97 Å². The van der Waals surface area contributed by atoms with Crippen molar-refractivity contribution in [1.29, 1.82) is 0 Å². The highest BCUT2D eigenvalue weighted by Gasteiger charge is 2.37. The van der Waals surface area contributed by atoms with Gasteiger partial charge in [0.1, 0.15) is 18.4 Å². The largest absolute Gasteiger partial charge is 0.495 e. The summed E-state index contributed by atoms with van der Waals surface area (Å²) in [6.45, 7) is 1.63. The maximum Gasteiger partial charge on any atom is 0.324 e. The Balaban J connectivity index is 1.72. The minimum atomic E-state index is -3.47. The first-order chi connectivity index (χ1) is 14.2. The molecule has 2 heterocycles. The van der Waals surface area contributed by atoms with Gasteiger partial charge in [-0.1, -0.05) is 12.1 Å². The zero-order chi connectivity index (χ0) is 21.9. The van der Waals surface area contributed by atoms with Gasteiger partial charge in [0.15, 0.2) is 5.13 Å². The Labute approximate surface area is 179 Å². The number of hydrogen-bond acceptors (Lipinski definition) is 8. The molecule has 1 aliphatic heterocycles. The number of carbonyl (C=O) groups is 2. The summed E-state index contributed by atoms with van der Waals surface area (Å²) in [5.74, 6) is -0.314. The van der Waals surface area contributed by atoms with Crippen LogP contribution in [0.1, 0.15) is 25.5 Å². The second kappa shape index (κ2) is 9.11. The van der Waals surface area contributed by atoms with Crippen molar-refractivity contribution in [2.75, 3.05) is 24.8 Å². The summed E-state index contributed by atoms with van der Waals surface area (Å²) < 4.78 is 35.4. The second-order valence-corrected chi connectivity index (χ2v) is 9.56. The van der Waals surface area contributed by atoms with Crippen molar-refractivity contribution >= 4 is 44.1 Å². The Morgan fingerprint density at radius 2 is 2.07 bits per heavy atom. The van der Waals surface area contributed by atoms with Crippen LogP contribution in [0, 0.1) is 0 Å². The molecule has 0 bridgehead atoms. The van der Waals surface area contributed by atoms with E-state index in [2.05, 4.69) is 4.98 Å². The summed E-state index contributed by atoms with van der Waals surface area (Å²) in [4.78, 5) is 30.5. The highest BCUT2D eigenvalue weighted by atomic mass is 32.2. The van der Waals surface area contributed by atoms with Gasteiger partial charge in [0.2, 0.25) is 15.9 Å². The fourth-order valence-corrected chi connectivity index (χ4v) is 5.28. The summed E-state index contributed by atoms with van der Waals surface area (Å²) >= 11 is 1.23. The van der Waals surface area contributed by atoms with Gasteiger partial charge in [0.25, 0.3) is 0 Å². The van der Waals surface area contributed by atoms with Crippen LogP contribution in [-0.4, -0.2) is 55.5 Å². The minimum absolute atomic E-state index is 0.110. The molecule has 0 unspecified atom stereocenters. The number of carbonyl (C=O) groups excluding carboxylic acids is 2.